The molecule has 2 aromatic rings. The molecule has 7 heteroatoms. The van der Waals surface area contributed by atoms with Gasteiger partial charge >= 0.3 is 5.97 Å². The molecule has 0 aliphatic carbocycles. The van der Waals surface area contributed by atoms with Crippen LogP contribution in [0.5, 0.6) is 5.75 Å². The van der Waals surface area contributed by atoms with Crippen molar-refractivity contribution in [1.82, 2.24) is 0 Å². The molecule has 5 nitrogen and oxygen atoms in total. The summed E-state index contributed by atoms with van der Waals surface area (Å²) in [5.74, 6) is -1.23. The Morgan fingerprint density at radius 1 is 1.17 bits per heavy atom. The second kappa shape index (κ2) is 7.60. The van der Waals surface area contributed by atoms with Crippen molar-refractivity contribution in [3.63, 3.8) is 0 Å². The number of ether oxygens (including phenoxy) is 2. The van der Waals surface area contributed by atoms with E-state index in [1.165, 1.54) is 43.5 Å². The lowest BCUT2D eigenvalue weighted by molar-refractivity contribution is -0.118. The van der Waals surface area contributed by atoms with Crippen molar-refractivity contribution >= 4 is 29.2 Å². The molecule has 1 amide bonds. The highest BCUT2D eigenvalue weighted by molar-refractivity contribution is 6.30. The first-order valence-corrected chi connectivity index (χ1v) is 6.93. The third-order valence-corrected chi connectivity index (χ3v) is 3.09. The molecule has 0 atom stereocenters. The number of benzene rings is 2. The fourth-order valence-corrected chi connectivity index (χ4v) is 1.89. The summed E-state index contributed by atoms with van der Waals surface area (Å²) >= 11 is 5.63. The van der Waals surface area contributed by atoms with Crippen molar-refractivity contribution in [2.24, 2.45) is 0 Å². The van der Waals surface area contributed by atoms with E-state index in [-0.39, 0.29) is 17.3 Å². The van der Waals surface area contributed by atoms with E-state index in [0.29, 0.717) is 11.3 Å². The number of nitrogens with one attached hydrogen (secondary N) is 1. The van der Waals surface area contributed by atoms with E-state index in [0.717, 1.165) is 6.07 Å². The molecule has 0 bridgehead atoms. The number of esters is 1. The van der Waals surface area contributed by atoms with Crippen LogP contribution >= 0.6 is 11.6 Å². The molecule has 0 radical (unpaired) electrons. The van der Waals surface area contributed by atoms with Crippen molar-refractivity contribution in [3.8, 4) is 5.75 Å². The summed E-state index contributed by atoms with van der Waals surface area (Å²) in [5.41, 5.74) is 0.386. The molecule has 23 heavy (non-hydrogen) atoms. The van der Waals surface area contributed by atoms with Gasteiger partial charge < -0.3 is 14.8 Å². The summed E-state index contributed by atoms with van der Waals surface area (Å²) in [5, 5.41) is 2.61. The number of hydrogen-bond donors (Lipinski definition) is 1. The summed E-state index contributed by atoms with van der Waals surface area (Å²) in [6, 6.07) is 10.0. The van der Waals surface area contributed by atoms with Crippen molar-refractivity contribution in [3.05, 3.63) is 58.9 Å². The third-order valence-electron chi connectivity index (χ3n) is 2.85. The molecule has 0 unspecified atom stereocenters. The summed E-state index contributed by atoms with van der Waals surface area (Å²) in [6.07, 6.45) is 0. The van der Waals surface area contributed by atoms with Gasteiger partial charge in [-0.05, 0) is 42.5 Å². The number of carbonyl (C=O) groups is 2. The Hall–Kier alpha value is -2.60. The Labute approximate surface area is 137 Å². The molecule has 0 heterocycles. The lowest BCUT2D eigenvalue weighted by atomic mass is 10.2. The average molecular weight is 338 g/mol. The van der Waals surface area contributed by atoms with E-state index in [2.05, 4.69) is 10.1 Å². The molecule has 0 spiro atoms. The Morgan fingerprint density at radius 2 is 1.87 bits per heavy atom. The zero-order chi connectivity index (χ0) is 16.8. The summed E-state index contributed by atoms with van der Waals surface area (Å²) in [7, 11) is 1.28. The normalized spacial score (nSPS) is 10.0. The van der Waals surface area contributed by atoms with E-state index in [1.807, 2.05) is 0 Å². The minimum absolute atomic E-state index is 0.0176. The topological polar surface area (TPSA) is 64.6 Å². The minimum Gasteiger partial charge on any atom is -0.484 e. The number of halogens is 2. The zero-order valence-corrected chi connectivity index (χ0v) is 12.9. The highest BCUT2D eigenvalue weighted by Gasteiger charge is 2.09. The number of carbonyl (C=O) groups excluding carboxylic acids is 2. The van der Waals surface area contributed by atoms with E-state index < -0.39 is 17.7 Å². The van der Waals surface area contributed by atoms with Gasteiger partial charge in [0.15, 0.2) is 6.61 Å². The fourth-order valence-electron chi connectivity index (χ4n) is 1.73. The minimum atomic E-state index is -0.631. The van der Waals surface area contributed by atoms with Crippen LogP contribution in [0.25, 0.3) is 0 Å². The van der Waals surface area contributed by atoms with Crippen LogP contribution in [0.3, 0.4) is 0 Å². The van der Waals surface area contributed by atoms with Crippen LogP contribution in [0.2, 0.25) is 5.02 Å². The molecular formula is C16H13ClFNO4. The number of methoxy groups -OCH3 is 1. The Bertz CT molecular complexity index is 719. The predicted molar refractivity (Wildman–Crippen MR) is 83.3 cm³/mol. The number of rotatable bonds is 5. The smallest absolute Gasteiger partial charge is 0.337 e. The van der Waals surface area contributed by atoms with Crippen molar-refractivity contribution in [2.45, 2.75) is 0 Å². The van der Waals surface area contributed by atoms with Crippen molar-refractivity contribution in [2.75, 3.05) is 19.0 Å². The predicted octanol–water partition coefficient (Wildman–Crippen LogP) is 3.28. The lowest BCUT2D eigenvalue weighted by Gasteiger charge is -2.09. The van der Waals surface area contributed by atoms with Crippen LogP contribution < -0.4 is 10.1 Å². The quantitative estimate of drug-likeness (QED) is 0.850. The SMILES string of the molecule is COC(=O)c1ccc(OCC(=O)Nc2ccc(Cl)cc2F)cc1. The van der Waals surface area contributed by atoms with Crippen LogP contribution in [0.4, 0.5) is 10.1 Å². The molecule has 120 valence electrons. The van der Waals surface area contributed by atoms with E-state index in [9.17, 15) is 14.0 Å². The maximum Gasteiger partial charge on any atom is 0.337 e. The third kappa shape index (κ3) is 4.69. The second-order valence-corrected chi connectivity index (χ2v) is 4.91. The maximum atomic E-state index is 13.5. The van der Waals surface area contributed by atoms with Gasteiger partial charge in [0.2, 0.25) is 0 Å². The molecule has 0 aromatic heterocycles. The van der Waals surface area contributed by atoms with Gasteiger partial charge in [0, 0.05) is 5.02 Å². The summed E-state index contributed by atoms with van der Waals surface area (Å²) in [4.78, 5) is 23.0. The highest BCUT2D eigenvalue weighted by atomic mass is 35.5. The van der Waals surface area contributed by atoms with Gasteiger partial charge in [-0.2, -0.15) is 0 Å². The fraction of sp³-hybridized carbons (Fsp3) is 0.125. The van der Waals surface area contributed by atoms with Gasteiger partial charge in [0.1, 0.15) is 11.6 Å². The molecule has 0 aliphatic rings. The monoisotopic (exact) mass is 337 g/mol. The van der Waals surface area contributed by atoms with Gasteiger partial charge in [0.25, 0.3) is 5.91 Å². The molecule has 1 N–H and O–H groups in total. The van der Waals surface area contributed by atoms with Crippen molar-refractivity contribution in [1.29, 1.82) is 0 Å². The van der Waals surface area contributed by atoms with Crippen molar-refractivity contribution < 1.29 is 23.5 Å². The Balaban J connectivity index is 1.90. The molecule has 0 saturated carbocycles. The summed E-state index contributed by atoms with van der Waals surface area (Å²) in [6.45, 7) is -0.306. The summed E-state index contributed by atoms with van der Waals surface area (Å²) < 4.78 is 23.4. The van der Waals surface area contributed by atoms with Crippen LogP contribution in [0.15, 0.2) is 42.5 Å². The van der Waals surface area contributed by atoms with Crippen LogP contribution in [-0.4, -0.2) is 25.6 Å². The zero-order valence-electron chi connectivity index (χ0n) is 12.1. The largest absolute Gasteiger partial charge is 0.484 e. The standard InChI is InChI=1S/C16H13ClFNO4/c1-22-16(21)10-2-5-12(6-3-10)23-9-15(20)19-14-7-4-11(17)8-13(14)18/h2-8H,9H2,1H3,(H,19,20). The van der Waals surface area contributed by atoms with Gasteiger partial charge in [-0.3, -0.25) is 4.79 Å². The second-order valence-electron chi connectivity index (χ2n) is 4.48. The van der Waals surface area contributed by atoms with Gasteiger partial charge in [-0.1, -0.05) is 11.6 Å². The number of hydrogen-bond acceptors (Lipinski definition) is 4. The molecule has 2 aromatic carbocycles. The van der Waals surface area contributed by atoms with Crippen LogP contribution in [0, 0.1) is 5.82 Å². The molecule has 2 rings (SSSR count). The first-order chi connectivity index (χ1) is 11.0. The van der Waals surface area contributed by atoms with Gasteiger partial charge in [0.05, 0.1) is 18.4 Å². The molecule has 0 fully saturated rings. The van der Waals surface area contributed by atoms with E-state index in [4.69, 9.17) is 16.3 Å². The Morgan fingerprint density at radius 3 is 2.48 bits per heavy atom. The molecule has 0 saturated heterocycles. The maximum absolute atomic E-state index is 13.5. The van der Waals surface area contributed by atoms with Crippen LogP contribution in [-0.2, 0) is 9.53 Å². The van der Waals surface area contributed by atoms with E-state index >= 15 is 0 Å². The molecular weight excluding hydrogens is 325 g/mol. The number of anilines is 1. The Kier molecular flexibility index (Phi) is 5.54. The highest BCUT2D eigenvalue weighted by Crippen LogP contribution is 2.19. The lowest BCUT2D eigenvalue weighted by Crippen LogP contribution is -2.20. The van der Waals surface area contributed by atoms with Gasteiger partial charge in [-0.25, -0.2) is 9.18 Å². The first kappa shape index (κ1) is 16.8. The molecule has 0 aliphatic heterocycles. The van der Waals surface area contributed by atoms with E-state index in [1.54, 1.807) is 0 Å². The first-order valence-electron chi connectivity index (χ1n) is 6.55. The average Bonchev–Trinajstić information content (AvgIpc) is 2.55. The number of amides is 1. The van der Waals surface area contributed by atoms with Crippen LogP contribution in [0.1, 0.15) is 10.4 Å². The van der Waals surface area contributed by atoms with Gasteiger partial charge in [-0.15, -0.1) is 0 Å².